The van der Waals surface area contributed by atoms with Gasteiger partial charge in [0.05, 0.1) is 0 Å². The minimum Gasteiger partial charge on any atom is -0.333 e. The molecular formula is C8H14NOS. The maximum absolute atomic E-state index is 10.3. The number of hydrogen-bond acceptors (Lipinski definition) is 2. The van der Waals surface area contributed by atoms with Gasteiger partial charge in [0, 0.05) is 24.1 Å². The lowest BCUT2D eigenvalue weighted by Gasteiger charge is -2.31. The summed E-state index contributed by atoms with van der Waals surface area (Å²) in [5.41, 5.74) is 0. The molecule has 1 saturated heterocycles. The third-order valence-electron chi connectivity index (χ3n) is 1.97. The van der Waals surface area contributed by atoms with Crippen LogP contribution >= 0.6 is 11.8 Å². The fraction of sp³-hybridized carbons (Fsp3) is 0.875. The highest BCUT2D eigenvalue weighted by atomic mass is 32.2. The number of thioether (sulfide) groups is 1. The van der Waals surface area contributed by atoms with Gasteiger partial charge >= 0.3 is 6.41 Å². The lowest BCUT2D eigenvalue weighted by molar-refractivity contribution is 0.364. The monoisotopic (exact) mass is 172 g/mol. The number of hydrogen-bond donors (Lipinski definition) is 0. The molecule has 1 fully saturated rings. The predicted molar refractivity (Wildman–Crippen MR) is 48.4 cm³/mol. The summed E-state index contributed by atoms with van der Waals surface area (Å²) in [5.74, 6) is 1.73. The molecule has 0 aromatic carbocycles. The zero-order chi connectivity index (χ0) is 8.27. The van der Waals surface area contributed by atoms with E-state index in [0.717, 1.165) is 18.8 Å². The molecular weight excluding hydrogens is 158 g/mol. The number of nitrogens with zero attached hydrogens (tertiary/aromatic N) is 1. The highest BCUT2D eigenvalue weighted by Gasteiger charge is 2.21. The Hall–Kier alpha value is -0.180. The molecule has 63 valence electrons. The molecule has 1 aliphatic heterocycles. The van der Waals surface area contributed by atoms with Crippen LogP contribution in [0.25, 0.3) is 0 Å². The molecule has 0 spiro atoms. The first kappa shape index (κ1) is 8.91. The van der Waals surface area contributed by atoms with E-state index in [1.165, 1.54) is 0 Å². The molecule has 1 atom stereocenters. The minimum absolute atomic E-state index is 0.616. The van der Waals surface area contributed by atoms with Gasteiger partial charge < -0.3 is 4.90 Å². The summed E-state index contributed by atoms with van der Waals surface area (Å²) in [6.45, 7) is 6.15. The molecule has 0 aromatic rings. The molecule has 0 aliphatic carbocycles. The summed E-state index contributed by atoms with van der Waals surface area (Å²) in [7, 11) is 0. The average molecular weight is 172 g/mol. The Kier molecular flexibility index (Phi) is 3.24. The van der Waals surface area contributed by atoms with Crippen LogP contribution in [0, 0.1) is 5.92 Å². The van der Waals surface area contributed by atoms with E-state index in [4.69, 9.17) is 0 Å². The van der Waals surface area contributed by atoms with Gasteiger partial charge in [-0.1, -0.05) is 13.8 Å². The maximum atomic E-state index is 10.3. The van der Waals surface area contributed by atoms with E-state index in [2.05, 4.69) is 13.8 Å². The van der Waals surface area contributed by atoms with Gasteiger partial charge in [-0.15, -0.1) is 0 Å². The fourth-order valence-corrected chi connectivity index (χ4v) is 2.46. The van der Waals surface area contributed by atoms with Gasteiger partial charge in [0.1, 0.15) is 0 Å². The van der Waals surface area contributed by atoms with Crippen molar-refractivity contribution in [2.45, 2.75) is 19.1 Å². The summed E-state index contributed by atoms with van der Waals surface area (Å²) < 4.78 is 0. The van der Waals surface area contributed by atoms with Crippen LogP contribution in [0.1, 0.15) is 13.8 Å². The Labute approximate surface area is 72.3 Å². The van der Waals surface area contributed by atoms with Crippen molar-refractivity contribution in [3.05, 3.63) is 0 Å². The second kappa shape index (κ2) is 4.00. The Bertz CT molecular complexity index is 138. The van der Waals surface area contributed by atoms with Crippen molar-refractivity contribution in [2.24, 2.45) is 5.92 Å². The summed E-state index contributed by atoms with van der Waals surface area (Å²) in [4.78, 5) is 12.1. The first-order chi connectivity index (χ1) is 5.24. The maximum Gasteiger partial charge on any atom is 0.312 e. The minimum atomic E-state index is 0.616. The zero-order valence-electron chi connectivity index (χ0n) is 7.04. The second-order valence-corrected chi connectivity index (χ2v) is 4.54. The Morgan fingerprint density at radius 2 is 2.36 bits per heavy atom. The van der Waals surface area contributed by atoms with Crippen molar-refractivity contribution in [3.63, 3.8) is 0 Å². The van der Waals surface area contributed by atoms with Crippen molar-refractivity contribution in [3.8, 4) is 0 Å². The van der Waals surface area contributed by atoms with Crippen LogP contribution in [0.15, 0.2) is 0 Å². The van der Waals surface area contributed by atoms with Crippen molar-refractivity contribution in [2.75, 3.05) is 18.8 Å². The van der Waals surface area contributed by atoms with Gasteiger partial charge in [-0.05, 0) is 5.92 Å². The van der Waals surface area contributed by atoms with E-state index in [9.17, 15) is 4.79 Å². The lowest BCUT2D eigenvalue weighted by atomic mass is 10.1. The Balaban J connectivity index is 2.39. The summed E-state index contributed by atoms with van der Waals surface area (Å²) in [6.07, 6.45) is 1.96. The zero-order valence-corrected chi connectivity index (χ0v) is 7.86. The molecule has 1 radical (unpaired) electrons. The molecule has 11 heavy (non-hydrogen) atoms. The van der Waals surface area contributed by atoms with Gasteiger partial charge in [-0.3, -0.25) is 4.79 Å². The normalized spacial score (nSPS) is 25.7. The van der Waals surface area contributed by atoms with Crippen molar-refractivity contribution < 1.29 is 4.79 Å². The fourth-order valence-electron chi connectivity index (χ4n) is 1.16. The predicted octanol–water partition coefficient (Wildman–Crippen LogP) is 1.13. The smallest absolute Gasteiger partial charge is 0.312 e. The van der Waals surface area contributed by atoms with Gasteiger partial charge in [-0.2, -0.15) is 11.8 Å². The van der Waals surface area contributed by atoms with Crippen molar-refractivity contribution in [1.29, 1.82) is 0 Å². The second-order valence-electron chi connectivity index (χ2n) is 3.19. The molecule has 0 bridgehead atoms. The van der Waals surface area contributed by atoms with Crippen LogP contribution in [0.3, 0.4) is 0 Å². The van der Waals surface area contributed by atoms with Crippen LogP contribution < -0.4 is 0 Å². The van der Waals surface area contributed by atoms with Gasteiger partial charge in [-0.25, -0.2) is 0 Å². The first-order valence-electron chi connectivity index (χ1n) is 3.98. The van der Waals surface area contributed by atoms with Crippen LogP contribution in [-0.2, 0) is 4.79 Å². The quantitative estimate of drug-likeness (QED) is 0.622. The standard InChI is InChI=1S/C8H14NOS/c1-7(2)8-5-9(6-10)3-4-11-8/h7-8H,3-5H2,1-2H3. The van der Waals surface area contributed by atoms with Gasteiger partial charge in [0.2, 0.25) is 0 Å². The van der Waals surface area contributed by atoms with Gasteiger partial charge in [0.25, 0.3) is 0 Å². The number of amides is 1. The van der Waals surface area contributed by atoms with Crippen LogP contribution in [0.4, 0.5) is 0 Å². The van der Waals surface area contributed by atoms with E-state index in [0.29, 0.717) is 11.2 Å². The molecule has 2 nitrogen and oxygen atoms in total. The molecule has 3 heteroatoms. The molecule has 0 N–H and O–H groups in total. The van der Waals surface area contributed by atoms with E-state index in [1.807, 2.05) is 18.2 Å². The van der Waals surface area contributed by atoms with Crippen LogP contribution in [0.5, 0.6) is 0 Å². The largest absolute Gasteiger partial charge is 0.333 e. The van der Waals surface area contributed by atoms with E-state index in [1.54, 1.807) is 4.90 Å². The summed E-state index contributed by atoms with van der Waals surface area (Å²) in [5, 5.41) is 0.616. The number of rotatable bonds is 2. The third-order valence-corrected chi connectivity index (χ3v) is 3.51. The Morgan fingerprint density at radius 3 is 2.91 bits per heavy atom. The van der Waals surface area contributed by atoms with E-state index >= 15 is 0 Å². The van der Waals surface area contributed by atoms with Crippen molar-refractivity contribution >= 4 is 18.2 Å². The van der Waals surface area contributed by atoms with E-state index in [-0.39, 0.29) is 0 Å². The Morgan fingerprint density at radius 1 is 1.64 bits per heavy atom. The topological polar surface area (TPSA) is 20.3 Å². The first-order valence-corrected chi connectivity index (χ1v) is 5.03. The molecule has 1 amide bonds. The summed E-state index contributed by atoms with van der Waals surface area (Å²) >= 11 is 1.97. The molecule has 1 heterocycles. The third kappa shape index (κ3) is 2.40. The van der Waals surface area contributed by atoms with Crippen LogP contribution in [0.2, 0.25) is 0 Å². The van der Waals surface area contributed by atoms with Gasteiger partial charge in [0.15, 0.2) is 0 Å². The molecule has 0 aromatic heterocycles. The van der Waals surface area contributed by atoms with Crippen LogP contribution in [-0.4, -0.2) is 35.4 Å². The SMILES string of the molecule is CC(C)C1CN([C]=O)CCS1. The molecule has 0 saturated carbocycles. The molecule has 1 aliphatic rings. The lowest BCUT2D eigenvalue weighted by Crippen LogP contribution is -2.38. The molecule has 1 unspecified atom stereocenters. The average Bonchev–Trinajstić information content (AvgIpc) is 2.05. The van der Waals surface area contributed by atoms with Crippen molar-refractivity contribution in [1.82, 2.24) is 4.90 Å². The highest BCUT2D eigenvalue weighted by molar-refractivity contribution is 8.00. The molecule has 1 rings (SSSR count). The summed E-state index contributed by atoms with van der Waals surface area (Å²) in [6, 6.07) is 0. The highest BCUT2D eigenvalue weighted by Crippen LogP contribution is 2.23. The van der Waals surface area contributed by atoms with E-state index < -0.39 is 0 Å². The number of carbonyl (C=O) groups excluding carboxylic acids is 1.